The molecule has 1 N–H and O–H groups in total. The van der Waals surface area contributed by atoms with Gasteiger partial charge in [0.15, 0.2) is 17.3 Å². The van der Waals surface area contributed by atoms with Crippen LogP contribution in [0.5, 0.6) is 0 Å². The van der Waals surface area contributed by atoms with Crippen molar-refractivity contribution in [2.24, 2.45) is 55.2 Å². The van der Waals surface area contributed by atoms with E-state index in [0.717, 1.165) is 44.2 Å². The van der Waals surface area contributed by atoms with Gasteiger partial charge >= 0.3 is 0 Å². The van der Waals surface area contributed by atoms with E-state index in [1.807, 2.05) is 66.7 Å². The van der Waals surface area contributed by atoms with Gasteiger partial charge < -0.3 is 5.32 Å². The first-order chi connectivity index (χ1) is 63.5. The Hall–Kier alpha value is -14.3. The Morgan fingerprint density at radius 3 is 0.909 bits per heavy atom. The molecular formula is C97H106N16O19. The predicted octanol–water partition coefficient (Wildman–Crippen LogP) is 17.6. The molecule has 6 aromatic carbocycles. The first-order valence-corrected chi connectivity index (χ1v) is 44.2. The highest BCUT2D eigenvalue weighted by atomic mass is 16.2. The molecule has 11 rings (SSSR count). The highest BCUT2D eigenvalue weighted by Gasteiger charge is 2.35. The molecule has 5 aliphatic rings. The summed E-state index contributed by atoms with van der Waals surface area (Å²) >= 11 is 0. The zero-order valence-electron chi connectivity index (χ0n) is 73.6. The number of Topliss-reactive ketones (excluding diaryl/α,β-unsaturated/α-hetero) is 18. The maximum absolute atomic E-state index is 12.5. The number of unbranched alkanes of at least 4 members (excludes halogenated alkanes) is 4. The lowest BCUT2D eigenvalue weighted by Crippen LogP contribution is -2.29. The zero-order valence-corrected chi connectivity index (χ0v) is 73.6. The summed E-state index contributed by atoms with van der Waals surface area (Å²) in [4.78, 5) is 238. The molecule has 6 aromatic rings. The molecule has 0 radical (unpaired) electrons. The van der Waals surface area contributed by atoms with Crippen molar-refractivity contribution in [1.82, 2.24) is 5.32 Å². The summed E-state index contributed by atoms with van der Waals surface area (Å²) in [5.74, 6) is -4.34. The summed E-state index contributed by atoms with van der Waals surface area (Å²) in [6, 6.07) is 39.9. The topological polar surface area (TPSA) is 580 Å². The summed E-state index contributed by atoms with van der Waals surface area (Å²) < 4.78 is 0. The van der Waals surface area contributed by atoms with Gasteiger partial charge in [-0.2, -0.15) is 0 Å². The Labute approximate surface area is 761 Å². The lowest BCUT2D eigenvalue weighted by molar-refractivity contribution is -0.137. The number of aryl methyl sites for hydroxylation is 1. The Bertz CT molecular complexity index is 5440. The van der Waals surface area contributed by atoms with Gasteiger partial charge in [0.1, 0.15) is 86.7 Å². The fourth-order valence-corrected chi connectivity index (χ4v) is 15.7. The van der Waals surface area contributed by atoms with Crippen LogP contribution in [0.15, 0.2) is 159 Å². The standard InChI is InChI=1S/C25H25N3O4.C23H23N3O4.C19H22N4O4.C19H21N3O4.C11H15N3O3/c26-28-27-12-2-1-3-24(31)20-10-8-19(9-11-20)18-6-4-17(5-7-18)13-25(32)21-14-22(29)16-23(30)15-21;24-26-25-8-2-1-3-22(29)18-7-6-16-9-15(4-5-17(16)11-18)10-23(30)19-12-20(27)14-21(28)13-19;20-23-22-9-1-8-21-19(27)14-5-2-13(3-6-14)4-7-18(26)15-10-16(24)12-17(25)11-15;20-22-21-8-2-1-3-18(25)14-6-4-13(5-7-14)9-19(26)15-10-16(23)12-17(24)11-15;12-14-13-4-2-1-3-11(17)8-5-9(15)7-10(16)6-8/h4-11,21H,1-3,12-16H2;4-7,9,11,19H,1-3,8,10,12-14H2;2-3,5-6,15H,1,4,7-12H2,(H,21,27);4-7,15H,1-3,8-12H2;8H,1-7H2. The minimum atomic E-state index is -0.513. The minimum absolute atomic E-state index is 0.00675. The van der Waals surface area contributed by atoms with Crippen LogP contribution in [-0.4, -0.2) is 149 Å². The molecule has 5 fully saturated rings. The van der Waals surface area contributed by atoms with Gasteiger partial charge in [-0.1, -0.05) is 141 Å². The molecule has 0 unspecified atom stereocenters. The van der Waals surface area contributed by atoms with E-state index in [9.17, 15) is 91.1 Å². The average molecular weight is 1800 g/mol. The summed E-state index contributed by atoms with van der Waals surface area (Å²) in [6.45, 7) is 2.32. The number of azide groups is 5. The second-order valence-corrected chi connectivity index (χ2v) is 33.2. The van der Waals surface area contributed by atoms with Crippen LogP contribution >= 0.6 is 0 Å². The van der Waals surface area contributed by atoms with Crippen LogP contribution in [0.2, 0.25) is 0 Å². The molecule has 5 saturated carbocycles. The normalized spacial score (nSPS) is 14.8. The zero-order chi connectivity index (χ0) is 95.7. The number of carbonyl (C=O) groups excluding carboxylic acids is 19. The number of nitrogens with zero attached hydrogens (tertiary/aromatic N) is 15. The Morgan fingerprint density at radius 1 is 0.273 bits per heavy atom. The molecule has 0 heterocycles. The second kappa shape index (κ2) is 56.9. The van der Waals surface area contributed by atoms with E-state index in [4.69, 9.17) is 27.7 Å². The molecule has 688 valence electrons. The van der Waals surface area contributed by atoms with Gasteiger partial charge in [0.2, 0.25) is 0 Å². The van der Waals surface area contributed by atoms with Gasteiger partial charge in [0.05, 0.1) is 32.1 Å². The largest absolute Gasteiger partial charge is 0.352 e. The van der Waals surface area contributed by atoms with Crippen LogP contribution in [0.3, 0.4) is 0 Å². The molecule has 132 heavy (non-hydrogen) atoms. The molecule has 35 heteroatoms. The number of hydrogen-bond donors (Lipinski definition) is 1. The van der Waals surface area contributed by atoms with Crippen molar-refractivity contribution in [1.29, 1.82) is 0 Å². The maximum atomic E-state index is 12.5. The molecule has 0 spiro atoms. The van der Waals surface area contributed by atoms with Gasteiger partial charge in [-0.05, 0) is 154 Å². The number of ketones is 18. The number of nitrogens with one attached hydrogen (secondary N) is 1. The van der Waals surface area contributed by atoms with Gasteiger partial charge in [-0.15, -0.1) is 0 Å². The van der Waals surface area contributed by atoms with E-state index in [0.29, 0.717) is 151 Å². The number of rotatable bonds is 43. The molecular weight excluding hydrogens is 1690 g/mol. The van der Waals surface area contributed by atoms with Crippen molar-refractivity contribution in [3.05, 3.63) is 230 Å². The third-order valence-electron chi connectivity index (χ3n) is 22.7. The van der Waals surface area contributed by atoms with E-state index in [2.05, 4.69) is 55.4 Å². The van der Waals surface area contributed by atoms with Crippen molar-refractivity contribution in [3.63, 3.8) is 0 Å². The molecule has 35 nitrogen and oxygen atoms in total. The Morgan fingerprint density at radius 2 is 0.538 bits per heavy atom. The van der Waals surface area contributed by atoms with Crippen LogP contribution in [0.25, 0.3) is 74.1 Å². The Balaban J connectivity index is 0.000000228. The maximum Gasteiger partial charge on any atom is 0.251 e. The van der Waals surface area contributed by atoms with Crippen LogP contribution < -0.4 is 5.32 Å². The third-order valence-corrected chi connectivity index (χ3v) is 22.7. The van der Waals surface area contributed by atoms with Gasteiger partial charge in [0, 0.05) is 231 Å². The number of carbonyl (C=O) groups is 19. The van der Waals surface area contributed by atoms with Crippen LogP contribution in [0.1, 0.15) is 250 Å². The van der Waals surface area contributed by atoms with Crippen molar-refractivity contribution in [2.75, 3.05) is 39.3 Å². The highest BCUT2D eigenvalue weighted by molar-refractivity contribution is 6.10. The first kappa shape index (κ1) is 105. The summed E-state index contributed by atoms with van der Waals surface area (Å²) in [6.07, 6.45) is 10.3. The molecule has 1 amide bonds. The van der Waals surface area contributed by atoms with E-state index in [1.165, 1.54) is 0 Å². The minimum Gasteiger partial charge on any atom is -0.352 e. The van der Waals surface area contributed by atoms with E-state index < -0.39 is 29.6 Å². The van der Waals surface area contributed by atoms with E-state index in [1.54, 1.807) is 66.7 Å². The first-order valence-electron chi connectivity index (χ1n) is 44.2. The van der Waals surface area contributed by atoms with E-state index >= 15 is 0 Å². The second-order valence-electron chi connectivity index (χ2n) is 33.2. The quantitative estimate of drug-likeness (QED) is 0.00927. The summed E-state index contributed by atoms with van der Waals surface area (Å²) in [7, 11) is 0. The predicted molar refractivity (Wildman–Crippen MR) is 485 cm³/mol. The fraction of sp³-hybridized carbons (Fsp3) is 0.454. The molecule has 0 saturated heterocycles. The SMILES string of the molecule is [N-]=[N+]=NCCCCC(=O)C1CC(=O)CC(=O)C1.[N-]=[N+]=NCCCCC(=O)c1ccc(-c2ccc(CC(=O)C3CC(=O)CC(=O)C3)cc2)cc1.[N-]=[N+]=NCCCCC(=O)c1ccc(CC(=O)C2CC(=O)CC(=O)C2)cc1.[N-]=[N+]=NCCCCC(=O)c1ccc2cc(CC(=O)C3CC(=O)CC(=O)C3)ccc2c1.[N-]=[N+]=NCCCNC(=O)c1ccc(CCC(=O)C2CC(=O)CC(=O)C2)cc1. The number of benzene rings is 6. The fourth-order valence-electron chi connectivity index (χ4n) is 15.7. The lowest BCUT2D eigenvalue weighted by atomic mass is 9.82. The Kier molecular flexibility index (Phi) is 45.1. The van der Waals surface area contributed by atoms with Gasteiger partial charge in [0.25, 0.3) is 5.91 Å². The molecule has 0 bridgehead atoms. The number of amides is 1. The van der Waals surface area contributed by atoms with Crippen LogP contribution in [0.4, 0.5) is 0 Å². The smallest absolute Gasteiger partial charge is 0.251 e. The van der Waals surface area contributed by atoms with Crippen molar-refractivity contribution >= 4 is 121 Å². The molecule has 5 aliphatic carbocycles. The van der Waals surface area contributed by atoms with Crippen LogP contribution in [-0.2, 0) is 97.6 Å². The van der Waals surface area contributed by atoms with Crippen LogP contribution in [0, 0.1) is 29.6 Å². The molecule has 0 aromatic heterocycles. The number of fused-ring (bicyclic) bond motifs is 1. The van der Waals surface area contributed by atoms with Crippen molar-refractivity contribution in [2.45, 2.75) is 212 Å². The number of hydrogen-bond acceptors (Lipinski definition) is 24. The third kappa shape index (κ3) is 38.1. The van der Waals surface area contributed by atoms with Crippen molar-refractivity contribution < 1.29 is 91.1 Å². The summed E-state index contributed by atoms with van der Waals surface area (Å²) in [5, 5.41) is 21.7. The van der Waals surface area contributed by atoms with Gasteiger partial charge in [-0.25, -0.2) is 0 Å². The monoisotopic (exact) mass is 1800 g/mol. The van der Waals surface area contributed by atoms with Crippen molar-refractivity contribution in [3.8, 4) is 11.1 Å². The lowest BCUT2D eigenvalue weighted by Gasteiger charge is -2.18. The molecule has 0 aliphatic heterocycles. The average Bonchev–Trinajstić information content (AvgIpc) is 0.822. The molecule has 0 atom stereocenters. The highest BCUT2D eigenvalue weighted by Crippen LogP contribution is 2.30. The van der Waals surface area contributed by atoms with E-state index in [-0.39, 0.29) is 232 Å². The van der Waals surface area contributed by atoms with Gasteiger partial charge in [-0.3, -0.25) is 91.1 Å². The summed E-state index contributed by atoms with van der Waals surface area (Å²) in [5.41, 5.74) is 48.6.